The Morgan fingerprint density at radius 2 is 1.91 bits per heavy atom. The van der Waals surface area contributed by atoms with Gasteiger partial charge in [0, 0.05) is 6.42 Å². The average Bonchev–Trinajstić information content (AvgIpc) is 2.94. The zero-order valence-electron chi connectivity index (χ0n) is 12.9. The maximum atomic E-state index is 11.9. The van der Waals surface area contributed by atoms with Gasteiger partial charge in [0.25, 0.3) is 0 Å². The Bertz CT molecular complexity index is 763. The normalized spacial score (nSPS) is 15.4. The highest BCUT2D eigenvalue weighted by Gasteiger charge is 2.22. The zero-order chi connectivity index (χ0) is 16.1. The van der Waals surface area contributed by atoms with Gasteiger partial charge in [-0.05, 0) is 35.8 Å². The number of benzene rings is 2. The molecule has 0 fully saturated rings. The van der Waals surface area contributed by atoms with Crippen molar-refractivity contribution in [3.8, 4) is 5.75 Å². The molecule has 0 radical (unpaired) electrons. The molecule has 1 heterocycles. The van der Waals surface area contributed by atoms with Crippen molar-refractivity contribution >= 4 is 17.9 Å². The summed E-state index contributed by atoms with van der Waals surface area (Å²) in [6.45, 7) is 0. The zero-order valence-corrected chi connectivity index (χ0v) is 12.9. The van der Waals surface area contributed by atoms with Gasteiger partial charge in [-0.1, -0.05) is 42.5 Å². The minimum atomic E-state index is -0.394. The topological polar surface area (TPSA) is 47.9 Å². The SMILES string of the molecule is COc1cccc(CCC2=N/C(=C/c3ccccc3)C(=O)O2)c1. The van der Waals surface area contributed by atoms with Gasteiger partial charge >= 0.3 is 5.97 Å². The third-order valence-electron chi connectivity index (χ3n) is 3.53. The Morgan fingerprint density at radius 1 is 1.09 bits per heavy atom. The molecule has 116 valence electrons. The van der Waals surface area contributed by atoms with Crippen LogP contribution in [0.2, 0.25) is 0 Å². The summed E-state index contributed by atoms with van der Waals surface area (Å²) in [5.41, 5.74) is 2.39. The van der Waals surface area contributed by atoms with Crippen molar-refractivity contribution in [1.29, 1.82) is 0 Å². The molecule has 1 aliphatic rings. The van der Waals surface area contributed by atoms with Gasteiger partial charge in [-0.15, -0.1) is 0 Å². The van der Waals surface area contributed by atoms with Crippen molar-refractivity contribution in [2.24, 2.45) is 4.99 Å². The van der Waals surface area contributed by atoms with Crippen LogP contribution in [0.25, 0.3) is 6.08 Å². The summed E-state index contributed by atoms with van der Waals surface area (Å²) in [6.07, 6.45) is 3.05. The number of aliphatic imine (C=N–C) groups is 1. The molecule has 0 N–H and O–H groups in total. The lowest BCUT2D eigenvalue weighted by Crippen LogP contribution is -2.05. The van der Waals surface area contributed by atoms with Crippen LogP contribution in [0.1, 0.15) is 17.5 Å². The number of rotatable bonds is 5. The second-order valence-corrected chi connectivity index (χ2v) is 5.19. The van der Waals surface area contributed by atoms with Crippen LogP contribution in [0.15, 0.2) is 65.3 Å². The van der Waals surface area contributed by atoms with Crippen LogP contribution < -0.4 is 4.74 Å². The summed E-state index contributed by atoms with van der Waals surface area (Å²) < 4.78 is 10.4. The molecule has 2 aromatic rings. The van der Waals surface area contributed by atoms with E-state index in [4.69, 9.17) is 9.47 Å². The van der Waals surface area contributed by atoms with E-state index in [1.54, 1.807) is 13.2 Å². The number of ether oxygens (including phenoxy) is 2. The van der Waals surface area contributed by atoms with Crippen molar-refractivity contribution < 1.29 is 14.3 Å². The predicted octanol–water partition coefficient (Wildman–Crippen LogP) is 3.62. The molecule has 1 aliphatic heterocycles. The summed E-state index contributed by atoms with van der Waals surface area (Å²) in [4.78, 5) is 16.2. The molecule has 0 amide bonds. The molecule has 0 spiro atoms. The fraction of sp³-hybridized carbons (Fsp3) is 0.158. The maximum absolute atomic E-state index is 11.9. The molecule has 0 aromatic heterocycles. The van der Waals surface area contributed by atoms with Gasteiger partial charge in [0.2, 0.25) is 0 Å². The average molecular weight is 307 g/mol. The van der Waals surface area contributed by atoms with Gasteiger partial charge in [-0.25, -0.2) is 9.79 Å². The molecule has 0 atom stereocenters. The van der Waals surface area contributed by atoms with E-state index in [2.05, 4.69) is 4.99 Å². The van der Waals surface area contributed by atoms with Crippen LogP contribution in [0.4, 0.5) is 0 Å². The Balaban J connectivity index is 1.68. The second kappa shape index (κ2) is 6.92. The Hall–Kier alpha value is -2.88. The van der Waals surface area contributed by atoms with Crippen LogP contribution in [-0.4, -0.2) is 19.0 Å². The summed E-state index contributed by atoms with van der Waals surface area (Å²) >= 11 is 0. The number of cyclic esters (lactones) is 1. The summed E-state index contributed by atoms with van der Waals surface area (Å²) in [5, 5.41) is 0. The standard InChI is InChI=1S/C19H17NO3/c1-22-16-9-5-8-15(12-16)10-11-18-20-17(19(21)23-18)13-14-6-3-2-4-7-14/h2-9,12-13H,10-11H2,1H3/b17-13+. The van der Waals surface area contributed by atoms with E-state index in [0.717, 1.165) is 23.3 Å². The molecule has 4 nitrogen and oxygen atoms in total. The molecule has 0 bridgehead atoms. The first-order chi connectivity index (χ1) is 11.2. The molecule has 0 aliphatic carbocycles. The van der Waals surface area contributed by atoms with Gasteiger partial charge < -0.3 is 9.47 Å². The summed E-state index contributed by atoms with van der Waals surface area (Å²) in [6, 6.07) is 17.4. The number of hydrogen-bond acceptors (Lipinski definition) is 4. The fourth-order valence-electron chi connectivity index (χ4n) is 2.35. The minimum absolute atomic E-state index is 0.344. The quantitative estimate of drug-likeness (QED) is 0.626. The molecule has 0 unspecified atom stereocenters. The molecule has 0 saturated heterocycles. The number of esters is 1. The molecule has 4 heteroatoms. The van der Waals surface area contributed by atoms with E-state index >= 15 is 0 Å². The highest BCUT2D eigenvalue weighted by molar-refractivity contribution is 6.07. The molecular formula is C19H17NO3. The van der Waals surface area contributed by atoms with Crippen molar-refractivity contribution in [2.45, 2.75) is 12.8 Å². The lowest BCUT2D eigenvalue weighted by Gasteiger charge is -2.03. The first-order valence-electron chi connectivity index (χ1n) is 7.44. The van der Waals surface area contributed by atoms with Crippen LogP contribution in [0.5, 0.6) is 5.75 Å². The number of methoxy groups -OCH3 is 1. The van der Waals surface area contributed by atoms with E-state index < -0.39 is 5.97 Å². The number of nitrogens with zero attached hydrogens (tertiary/aromatic N) is 1. The van der Waals surface area contributed by atoms with E-state index in [9.17, 15) is 4.79 Å². The van der Waals surface area contributed by atoms with Gasteiger partial charge in [0.15, 0.2) is 11.6 Å². The van der Waals surface area contributed by atoms with Gasteiger partial charge in [-0.3, -0.25) is 0 Å². The van der Waals surface area contributed by atoms with Crippen molar-refractivity contribution in [2.75, 3.05) is 7.11 Å². The van der Waals surface area contributed by atoms with Gasteiger partial charge in [-0.2, -0.15) is 0 Å². The van der Waals surface area contributed by atoms with Gasteiger partial charge in [0.1, 0.15) is 5.75 Å². The second-order valence-electron chi connectivity index (χ2n) is 5.19. The largest absolute Gasteiger partial charge is 0.497 e. The number of aryl methyl sites for hydroxylation is 1. The van der Waals surface area contributed by atoms with Crippen molar-refractivity contribution in [1.82, 2.24) is 0 Å². The van der Waals surface area contributed by atoms with Gasteiger partial charge in [0.05, 0.1) is 7.11 Å². The lowest BCUT2D eigenvalue weighted by molar-refractivity contribution is -0.130. The van der Waals surface area contributed by atoms with E-state index in [1.807, 2.05) is 54.6 Å². The Kier molecular flexibility index (Phi) is 4.52. The summed E-state index contributed by atoms with van der Waals surface area (Å²) in [7, 11) is 1.64. The Morgan fingerprint density at radius 3 is 2.70 bits per heavy atom. The van der Waals surface area contributed by atoms with E-state index in [1.165, 1.54) is 0 Å². The highest BCUT2D eigenvalue weighted by atomic mass is 16.6. The molecule has 3 rings (SSSR count). The highest BCUT2D eigenvalue weighted by Crippen LogP contribution is 2.19. The van der Waals surface area contributed by atoms with E-state index in [0.29, 0.717) is 18.0 Å². The molecule has 0 saturated carbocycles. The monoisotopic (exact) mass is 307 g/mol. The number of carbonyl (C=O) groups is 1. The van der Waals surface area contributed by atoms with Crippen LogP contribution in [0.3, 0.4) is 0 Å². The first kappa shape index (κ1) is 15.0. The maximum Gasteiger partial charge on any atom is 0.363 e. The first-order valence-corrected chi connectivity index (χ1v) is 7.44. The van der Waals surface area contributed by atoms with Crippen molar-refractivity contribution in [3.05, 3.63) is 71.4 Å². The van der Waals surface area contributed by atoms with Crippen LogP contribution >= 0.6 is 0 Å². The summed E-state index contributed by atoms with van der Waals surface area (Å²) in [5.74, 6) is 0.881. The minimum Gasteiger partial charge on any atom is -0.497 e. The molecule has 2 aromatic carbocycles. The number of hydrogen-bond donors (Lipinski definition) is 0. The molecular weight excluding hydrogens is 290 g/mol. The predicted molar refractivity (Wildman–Crippen MR) is 89.3 cm³/mol. The smallest absolute Gasteiger partial charge is 0.363 e. The Labute approximate surface area is 135 Å². The van der Waals surface area contributed by atoms with Crippen molar-refractivity contribution in [3.63, 3.8) is 0 Å². The van der Waals surface area contributed by atoms with Crippen LogP contribution in [0, 0.1) is 0 Å². The third kappa shape index (κ3) is 3.86. The van der Waals surface area contributed by atoms with Crippen LogP contribution in [-0.2, 0) is 16.0 Å². The lowest BCUT2D eigenvalue weighted by atomic mass is 10.1. The fourth-order valence-corrected chi connectivity index (χ4v) is 2.35. The van der Waals surface area contributed by atoms with E-state index in [-0.39, 0.29) is 0 Å². The molecule has 23 heavy (non-hydrogen) atoms. The third-order valence-corrected chi connectivity index (χ3v) is 3.53. The number of carbonyl (C=O) groups excluding carboxylic acids is 1.